The minimum Gasteiger partial charge on any atom is -0.382 e. The highest BCUT2D eigenvalue weighted by molar-refractivity contribution is 7.90. The van der Waals surface area contributed by atoms with Gasteiger partial charge in [0.2, 0.25) is 0 Å². The van der Waals surface area contributed by atoms with Crippen LogP contribution in [0.15, 0.2) is 33.7 Å². The average molecular weight is 311 g/mol. The maximum absolute atomic E-state index is 11.4. The Bertz CT molecular complexity index is 720. The molecule has 0 aliphatic rings. The van der Waals surface area contributed by atoms with Gasteiger partial charge in [-0.3, -0.25) is 0 Å². The van der Waals surface area contributed by atoms with Crippen molar-refractivity contribution in [2.75, 3.05) is 20.0 Å². The van der Waals surface area contributed by atoms with Crippen molar-refractivity contribution in [1.82, 2.24) is 10.1 Å². The molecular weight excluding hydrogens is 294 g/mol. The lowest BCUT2D eigenvalue weighted by atomic mass is 10.1. The number of ether oxygens (including phenoxy) is 1. The van der Waals surface area contributed by atoms with Crippen molar-refractivity contribution >= 4 is 9.84 Å². The number of nitrogens with zero attached hydrogens (tertiary/aromatic N) is 2. The number of hydrogen-bond acceptors (Lipinski definition) is 7. The number of benzene rings is 1. The van der Waals surface area contributed by atoms with E-state index in [0.717, 1.165) is 6.26 Å². The third-order valence-electron chi connectivity index (χ3n) is 2.91. The van der Waals surface area contributed by atoms with Crippen LogP contribution in [-0.4, -0.2) is 38.5 Å². The van der Waals surface area contributed by atoms with E-state index in [-0.39, 0.29) is 17.4 Å². The minimum absolute atomic E-state index is 0.231. The minimum atomic E-state index is -3.23. The Balaban J connectivity index is 2.30. The van der Waals surface area contributed by atoms with Crippen molar-refractivity contribution in [1.29, 1.82) is 0 Å². The Morgan fingerprint density at radius 1 is 1.33 bits per heavy atom. The molecule has 0 bridgehead atoms. The third-order valence-corrected chi connectivity index (χ3v) is 4.04. The van der Waals surface area contributed by atoms with Crippen molar-refractivity contribution in [2.24, 2.45) is 5.73 Å². The van der Waals surface area contributed by atoms with Crippen LogP contribution in [0.5, 0.6) is 0 Å². The predicted octanol–water partition coefficient (Wildman–Crippen LogP) is 0.960. The van der Waals surface area contributed by atoms with Gasteiger partial charge in [0.1, 0.15) is 5.54 Å². The molecule has 0 radical (unpaired) electrons. The summed E-state index contributed by atoms with van der Waals surface area (Å²) in [6.07, 6.45) is 1.15. The molecule has 0 aliphatic carbocycles. The van der Waals surface area contributed by atoms with Gasteiger partial charge in [0.15, 0.2) is 15.7 Å². The van der Waals surface area contributed by atoms with Crippen molar-refractivity contribution in [3.8, 4) is 11.5 Å². The van der Waals surface area contributed by atoms with Crippen LogP contribution in [0.25, 0.3) is 11.5 Å². The first-order valence-corrected chi connectivity index (χ1v) is 8.06. The summed E-state index contributed by atoms with van der Waals surface area (Å²) >= 11 is 0. The lowest BCUT2D eigenvalue weighted by molar-refractivity contribution is 0.135. The quantitative estimate of drug-likeness (QED) is 0.876. The largest absolute Gasteiger partial charge is 0.382 e. The molecule has 0 saturated carbocycles. The average Bonchev–Trinajstić information content (AvgIpc) is 2.88. The number of sulfone groups is 1. The second-order valence-electron chi connectivity index (χ2n) is 5.07. The first-order valence-electron chi connectivity index (χ1n) is 6.16. The van der Waals surface area contributed by atoms with E-state index < -0.39 is 15.4 Å². The van der Waals surface area contributed by atoms with Gasteiger partial charge >= 0.3 is 0 Å². The molecule has 7 nitrogen and oxygen atoms in total. The predicted molar refractivity (Wildman–Crippen MR) is 76.3 cm³/mol. The van der Waals surface area contributed by atoms with E-state index in [9.17, 15) is 8.42 Å². The molecule has 114 valence electrons. The summed E-state index contributed by atoms with van der Waals surface area (Å²) in [5.74, 6) is 0.601. The molecule has 0 aliphatic heterocycles. The van der Waals surface area contributed by atoms with Crippen LogP contribution in [0.3, 0.4) is 0 Å². The number of hydrogen-bond donors (Lipinski definition) is 1. The topological polar surface area (TPSA) is 108 Å². The molecule has 0 fully saturated rings. The number of aromatic nitrogens is 2. The lowest BCUT2D eigenvalue weighted by Crippen LogP contribution is -2.38. The Morgan fingerprint density at radius 3 is 2.48 bits per heavy atom. The van der Waals surface area contributed by atoms with Crippen LogP contribution >= 0.6 is 0 Å². The molecule has 1 atom stereocenters. The molecule has 1 unspecified atom stereocenters. The Labute approximate surface area is 123 Å². The number of rotatable bonds is 5. The summed E-state index contributed by atoms with van der Waals surface area (Å²) in [6.45, 7) is 1.98. The lowest BCUT2D eigenvalue weighted by Gasteiger charge is -2.18. The fraction of sp³-hybridized carbons (Fsp3) is 0.385. The van der Waals surface area contributed by atoms with Crippen molar-refractivity contribution < 1.29 is 17.7 Å². The number of methoxy groups -OCH3 is 1. The molecule has 1 heterocycles. The molecule has 1 aromatic carbocycles. The van der Waals surface area contributed by atoms with Gasteiger partial charge in [-0.1, -0.05) is 5.16 Å². The van der Waals surface area contributed by atoms with Gasteiger partial charge in [0, 0.05) is 18.9 Å². The first-order chi connectivity index (χ1) is 9.74. The first kappa shape index (κ1) is 15.6. The molecule has 2 rings (SSSR count). The van der Waals surface area contributed by atoms with Gasteiger partial charge in [-0.15, -0.1) is 0 Å². The summed E-state index contributed by atoms with van der Waals surface area (Å²) in [7, 11) is -1.69. The van der Waals surface area contributed by atoms with Gasteiger partial charge in [-0.05, 0) is 31.2 Å². The van der Waals surface area contributed by atoms with Crippen LogP contribution in [0.2, 0.25) is 0 Å². The standard InChI is InChI=1S/C13H17N3O4S/c1-13(14,8-19-2)12-15-11(20-16-12)9-4-6-10(7-5-9)21(3,17)18/h4-7H,8,14H2,1-3H3. The van der Waals surface area contributed by atoms with Gasteiger partial charge in [0.25, 0.3) is 5.89 Å². The van der Waals surface area contributed by atoms with Crippen LogP contribution in [0.4, 0.5) is 0 Å². The van der Waals surface area contributed by atoms with Gasteiger partial charge < -0.3 is 15.0 Å². The highest BCUT2D eigenvalue weighted by Crippen LogP contribution is 2.22. The van der Waals surface area contributed by atoms with Crippen LogP contribution in [0, 0.1) is 0 Å². The second kappa shape index (κ2) is 5.55. The van der Waals surface area contributed by atoms with E-state index >= 15 is 0 Å². The summed E-state index contributed by atoms with van der Waals surface area (Å²) in [6, 6.07) is 6.20. The summed E-state index contributed by atoms with van der Waals surface area (Å²) in [4.78, 5) is 4.46. The van der Waals surface area contributed by atoms with Gasteiger partial charge in [0.05, 0.1) is 11.5 Å². The van der Waals surface area contributed by atoms with Crippen molar-refractivity contribution in [2.45, 2.75) is 17.4 Å². The van der Waals surface area contributed by atoms with E-state index in [1.165, 1.54) is 19.2 Å². The molecule has 2 aromatic rings. The monoisotopic (exact) mass is 311 g/mol. The fourth-order valence-corrected chi connectivity index (χ4v) is 2.41. The molecule has 1 aromatic heterocycles. The SMILES string of the molecule is COCC(C)(N)c1noc(-c2ccc(S(C)(=O)=O)cc2)n1. The Hall–Kier alpha value is -1.77. The smallest absolute Gasteiger partial charge is 0.257 e. The zero-order valence-electron chi connectivity index (χ0n) is 12.0. The van der Waals surface area contributed by atoms with E-state index in [1.54, 1.807) is 19.1 Å². The summed E-state index contributed by atoms with van der Waals surface area (Å²) < 4.78 is 33.0. The highest BCUT2D eigenvalue weighted by atomic mass is 32.2. The van der Waals surface area contributed by atoms with Crippen molar-refractivity contribution in [3.05, 3.63) is 30.1 Å². The molecule has 0 saturated heterocycles. The second-order valence-corrected chi connectivity index (χ2v) is 7.09. The van der Waals surface area contributed by atoms with Crippen LogP contribution in [0.1, 0.15) is 12.7 Å². The van der Waals surface area contributed by atoms with E-state index in [1.807, 2.05) is 0 Å². The molecule has 8 heteroatoms. The van der Waals surface area contributed by atoms with Crippen LogP contribution in [-0.2, 0) is 20.1 Å². The molecule has 0 spiro atoms. The van der Waals surface area contributed by atoms with Crippen molar-refractivity contribution in [3.63, 3.8) is 0 Å². The number of nitrogens with two attached hydrogens (primary N) is 1. The third kappa shape index (κ3) is 3.46. The Kier molecular flexibility index (Phi) is 4.13. The Morgan fingerprint density at radius 2 is 1.95 bits per heavy atom. The van der Waals surface area contributed by atoms with Crippen LogP contribution < -0.4 is 5.73 Å². The zero-order chi connectivity index (χ0) is 15.7. The van der Waals surface area contributed by atoms with E-state index in [4.69, 9.17) is 15.0 Å². The molecule has 0 amide bonds. The molecular formula is C13H17N3O4S. The molecule has 21 heavy (non-hydrogen) atoms. The van der Waals surface area contributed by atoms with E-state index in [0.29, 0.717) is 11.4 Å². The fourth-order valence-electron chi connectivity index (χ4n) is 1.78. The summed E-state index contributed by atoms with van der Waals surface area (Å²) in [5.41, 5.74) is 5.79. The molecule has 2 N–H and O–H groups in total. The maximum Gasteiger partial charge on any atom is 0.257 e. The van der Waals surface area contributed by atoms with Gasteiger partial charge in [-0.25, -0.2) is 8.42 Å². The normalized spacial score (nSPS) is 14.9. The van der Waals surface area contributed by atoms with E-state index in [2.05, 4.69) is 10.1 Å². The highest BCUT2D eigenvalue weighted by Gasteiger charge is 2.27. The maximum atomic E-state index is 11.4. The summed E-state index contributed by atoms with van der Waals surface area (Å²) in [5, 5.41) is 3.84. The van der Waals surface area contributed by atoms with Gasteiger partial charge in [-0.2, -0.15) is 4.98 Å². The zero-order valence-corrected chi connectivity index (χ0v) is 12.8.